The van der Waals surface area contributed by atoms with Gasteiger partial charge in [-0.15, -0.1) is 0 Å². The fourth-order valence-corrected chi connectivity index (χ4v) is 4.66. The molecule has 0 bridgehead atoms. The van der Waals surface area contributed by atoms with Gasteiger partial charge in [-0.2, -0.15) is 0 Å². The first-order chi connectivity index (χ1) is 16.2. The summed E-state index contributed by atoms with van der Waals surface area (Å²) in [6.07, 6.45) is -0.865. The van der Waals surface area contributed by atoms with Gasteiger partial charge in [-0.3, -0.25) is 4.90 Å². The Morgan fingerprint density at radius 2 is 1.83 bits per heavy atom. The second kappa shape index (κ2) is 10.7. The van der Waals surface area contributed by atoms with E-state index >= 15 is 0 Å². The number of carbonyl (C=O) groups excluding carboxylic acids is 1. The highest BCUT2D eigenvalue weighted by molar-refractivity contribution is 8.13. The number of amides is 1. The minimum Gasteiger partial charge on any atom is -0.484 e. The molecule has 0 aromatic heterocycles. The monoisotopic (exact) mass is 526 g/mol. The molecule has 1 aliphatic heterocycles. The zero-order chi connectivity index (χ0) is 26.0. The first kappa shape index (κ1) is 27.2. The highest BCUT2D eigenvalue weighted by atomic mass is 35.7. The van der Waals surface area contributed by atoms with Crippen LogP contribution in [0.25, 0.3) is 0 Å². The molecule has 192 valence electrons. The number of ether oxygens (including phenoxy) is 2. The number of carbonyl (C=O) groups is 1. The molecule has 0 aliphatic carbocycles. The summed E-state index contributed by atoms with van der Waals surface area (Å²) >= 11 is 0. The van der Waals surface area contributed by atoms with Gasteiger partial charge >= 0.3 is 6.09 Å². The van der Waals surface area contributed by atoms with Crippen molar-refractivity contribution in [2.24, 2.45) is 0 Å². The summed E-state index contributed by atoms with van der Waals surface area (Å²) in [4.78, 5) is 16.4. The van der Waals surface area contributed by atoms with E-state index in [9.17, 15) is 17.6 Å². The standard InChI is InChI=1S/C25H32ClFN2O5S/c1-17-6-7-19(14-22(17)27)23(33-20-8-10-21(11-9-20)35(26,31)32)16-28-12-13-29(18(2)15-28)24(30)34-25(3,4)5/h6-11,14,18,23H,12-13,15-16H2,1-5H3/t18-,23+/m1/s1. The normalized spacial score (nSPS) is 18.3. The molecule has 0 saturated carbocycles. The zero-order valence-corrected chi connectivity index (χ0v) is 22.2. The number of nitrogens with zero attached hydrogens (tertiary/aromatic N) is 2. The van der Waals surface area contributed by atoms with Crippen LogP contribution in [-0.2, 0) is 13.8 Å². The quantitative estimate of drug-likeness (QED) is 0.486. The van der Waals surface area contributed by atoms with Crippen molar-refractivity contribution in [1.29, 1.82) is 0 Å². The third kappa shape index (κ3) is 7.56. The van der Waals surface area contributed by atoms with Crippen molar-refractivity contribution in [3.8, 4) is 5.75 Å². The first-order valence-corrected chi connectivity index (χ1v) is 13.7. The lowest BCUT2D eigenvalue weighted by atomic mass is 10.0. The van der Waals surface area contributed by atoms with Crippen LogP contribution in [0.3, 0.4) is 0 Å². The van der Waals surface area contributed by atoms with Crippen LogP contribution in [0.2, 0.25) is 0 Å². The summed E-state index contributed by atoms with van der Waals surface area (Å²) in [7, 11) is 1.56. The van der Waals surface area contributed by atoms with Crippen molar-refractivity contribution in [2.45, 2.75) is 57.3 Å². The minimum absolute atomic E-state index is 0.0310. The average Bonchev–Trinajstić information content (AvgIpc) is 2.74. The van der Waals surface area contributed by atoms with Gasteiger partial charge in [-0.1, -0.05) is 12.1 Å². The maximum atomic E-state index is 14.4. The Kier molecular flexibility index (Phi) is 8.34. The molecular formula is C25H32ClFN2O5S. The Balaban J connectivity index is 1.76. The topological polar surface area (TPSA) is 76.2 Å². The second-order valence-electron chi connectivity index (χ2n) is 9.81. The second-order valence-corrected chi connectivity index (χ2v) is 12.4. The molecule has 1 fully saturated rings. The summed E-state index contributed by atoms with van der Waals surface area (Å²) in [5.74, 6) is 0.100. The average molecular weight is 527 g/mol. The van der Waals surface area contributed by atoms with Crippen LogP contribution in [0.5, 0.6) is 5.75 Å². The van der Waals surface area contributed by atoms with E-state index in [-0.39, 0.29) is 22.8 Å². The number of piperazine rings is 1. The van der Waals surface area contributed by atoms with Crippen LogP contribution in [0.1, 0.15) is 44.9 Å². The largest absolute Gasteiger partial charge is 0.484 e. The molecule has 3 rings (SSSR count). The lowest BCUT2D eigenvalue weighted by Crippen LogP contribution is -2.55. The maximum Gasteiger partial charge on any atom is 0.410 e. The summed E-state index contributed by atoms with van der Waals surface area (Å²) < 4.78 is 49.2. The molecular weight excluding hydrogens is 495 g/mol. The van der Waals surface area contributed by atoms with E-state index in [0.717, 1.165) is 0 Å². The molecule has 2 atom stereocenters. The SMILES string of the molecule is Cc1ccc([C@H](CN2CCN(C(=O)OC(C)(C)C)[C@H](C)C2)Oc2ccc(S(=O)(=O)Cl)cc2)cc1F. The van der Waals surface area contributed by atoms with E-state index in [2.05, 4.69) is 4.90 Å². The van der Waals surface area contributed by atoms with Gasteiger partial charge in [0.2, 0.25) is 0 Å². The van der Waals surface area contributed by atoms with Gasteiger partial charge < -0.3 is 14.4 Å². The third-order valence-corrected chi connectivity index (χ3v) is 7.08. The van der Waals surface area contributed by atoms with Gasteiger partial charge in [0.15, 0.2) is 0 Å². The zero-order valence-electron chi connectivity index (χ0n) is 20.6. The lowest BCUT2D eigenvalue weighted by Gasteiger charge is -2.41. The van der Waals surface area contributed by atoms with E-state index in [0.29, 0.717) is 43.1 Å². The van der Waals surface area contributed by atoms with Gasteiger partial charge in [0.25, 0.3) is 9.05 Å². The van der Waals surface area contributed by atoms with Gasteiger partial charge in [-0.25, -0.2) is 17.6 Å². The molecule has 1 heterocycles. The summed E-state index contributed by atoms with van der Waals surface area (Å²) in [6.45, 7) is 11.3. The van der Waals surface area contributed by atoms with Crippen LogP contribution in [-0.4, -0.2) is 62.1 Å². The van der Waals surface area contributed by atoms with Crippen molar-refractivity contribution in [3.05, 3.63) is 59.4 Å². The van der Waals surface area contributed by atoms with E-state index in [1.807, 2.05) is 33.8 Å². The molecule has 1 amide bonds. The van der Waals surface area contributed by atoms with Gasteiger partial charge in [0.1, 0.15) is 23.3 Å². The molecule has 10 heteroatoms. The predicted octanol–water partition coefficient (Wildman–Crippen LogP) is 5.12. The third-order valence-electron chi connectivity index (χ3n) is 5.71. The number of hydrogen-bond acceptors (Lipinski definition) is 6. The van der Waals surface area contributed by atoms with Crippen molar-refractivity contribution < 1.29 is 27.1 Å². The maximum absolute atomic E-state index is 14.4. The van der Waals surface area contributed by atoms with Crippen molar-refractivity contribution in [2.75, 3.05) is 26.2 Å². The molecule has 2 aromatic rings. The van der Waals surface area contributed by atoms with E-state index in [1.165, 1.54) is 30.3 Å². The first-order valence-electron chi connectivity index (χ1n) is 11.4. The fourth-order valence-electron chi connectivity index (χ4n) is 3.89. The molecule has 35 heavy (non-hydrogen) atoms. The van der Waals surface area contributed by atoms with Crippen LogP contribution in [0.15, 0.2) is 47.4 Å². The summed E-state index contributed by atoms with van der Waals surface area (Å²) in [5.41, 5.74) is 0.619. The summed E-state index contributed by atoms with van der Waals surface area (Å²) in [6, 6.07) is 10.7. The van der Waals surface area contributed by atoms with E-state index in [4.69, 9.17) is 20.2 Å². The predicted molar refractivity (Wildman–Crippen MR) is 133 cm³/mol. The highest BCUT2D eigenvalue weighted by Crippen LogP contribution is 2.27. The van der Waals surface area contributed by atoms with Crippen molar-refractivity contribution >= 4 is 25.8 Å². The number of halogens is 2. The molecule has 7 nitrogen and oxygen atoms in total. The van der Waals surface area contributed by atoms with Gasteiger partial charge in [-0.05, 0) is 76.1 Å². The Morgan fingerprint density at radius 3 is 2.37 bits per heavy atom. The molecule has 0 N–H and O–H groups in total. The highest BCUT2D eigenvalue weighted by Gasteiger charge is 2.32. The van der Waals surface area contributed by atoms with Gasteiger partial charge in [0.05, 0.1) is 4.90 Å². The molecule has 0 radical (unpaired) electrons. The van der Waals surface area contributed by atoms with E-state index in [1.54, 1.807) is 17.9 Å². The molecule has 1 aliphatic rings. The van der Waals surface area contributed by atoms with Crippen LogP contribution < -0.4 is 4.74 Å². The van der Waals surface area contributed by atoms with Crippen LogP contribution in [0.4, 0.5) is 9.18 Å². The molecule has 1 saturated heterocycles. The molecule has 0 spiro atoms. The van der Waals surface area contributed by atoms with Crippen LogP contribution in [0, 0.1) is 12.7 Å². The molecule has 0 unspecified atom stereocenters. The Bertz CT molecular complexity index is 1150. The van der Waals surface area contributed by atoms with Crippen molar-refractivity contribution in [3.63, 3.8) is 0 Å². The number of aryl methyl sites for hydroxylation is 1. The Morgan fingerprint density at radius 1 is 1.17 bits per heavy atom. The number of rotatable bonds is 6. The van der Waals surface area contributed by atoms with Crippen LogP contribution >= 0.6 is 10.7 Å². The number of benzene rings is 2. The smallest absolute Gasteiger partial charge is 0.410 e. The van der Waals surface area contributed by atoms with Crippen molar-refractivity contribution in [1.82, 2.24) is 9.80 Å². The van der Waals surface area contributed by atoms with Gasteiger partial charge in [0, 0.05) is 42.9 Å². The minimum atomic E-state index is -3.85. The lowest BCUT2D eigenvalue weighted by molar-refractivity contribution is -0.00299. The van der Waals surface area contributed by atoms with E-state index < -0.39 is 20.8 Å². The molecule has 2 aromatic carbocycles. The Hall–Kier alpha value is -2.36. The fraction of sp³-hybridized carbons (Fsp3) is 0.480. The Labute approximate surface area is 211 Å². The number of hydrogen-bond donors (Lipinski definition) is 0. The summed E-state index contributed by atoms with van der Waals surface area (Å²) in [5, 5.41) is 0.